The number of aromatic nitrogens is 2. The first kappa shape index (κ1) is 21.9. The van der Waals surface area contributed by atoms with Gasteiger partial charge in [-0.15, -0.1) is 0 Å². The summed E-state index contributed by atoms with van der Waals surface area (Å²) in [7, 11) is 1.36. The zero-order valence-corrected chi connectivity index (χ0v) is 18.3. The highest BCUT2D eigenvalue weighted by Crippen LogP contribution is 2.23. The number of piperidine rings is 1. The molecule has 0 aliphatic carbocycles. The Kier molecular flexibility index (Phi) is 6.72. The maximum atomic E-state index is 12.9. The van der Waals surface area contributed by atoms with Crippen LogP contribution in [-0.4, -0.2) is 52.8 Å². The molecule has 1 fully saturated rings. The molecule has 0 saturated carbocycles. The SMILES string of the molecule is COC(=O)c1c(CNC(=O)C2CCCN(C(=O)Nc3ccccc3)C2)nn2c1CCCC2. The number of hydrogen-bond acceptors (Lipinski definition) is 5. The molecule has 0 bridgehead atoms. The van der Waals surface area contributed by atoms with Crippen molar-refractivity contribution >= 4 is 23.6 Å². The van der Waals surface area contributed by atoms with Gasteiger partial charge < -0.3 is 20.3 Å². The number of amides is 3. The summed E-state index contributed by atoms with van der Waals surface area (Å²) in [6, 6.07) is 9.06. The molecule has 1 aromatic heterocycles. The molecule has 1 unspecified atom stereocenters. The molecule has 0 radical (unpaired) electrons. The second kappa shape index (κ2) is 9.84. The minimum Gasteiger partial charge on any atom is -0.465 e. The summed E-state index contributed by atoms with van der Waals surface area (Å²) in [6.07, 6.45) is 4.27. The van der Waals surface area contributed by atoms with Crippen LogP contribution in [0.4, 0.5) is 10.5 Å². The summed E-state index contributed by atoms with van der Waals surface area (Å²) in [5.74, 6) is -0.855. The zero-order chi connectivity index (χ0) is 22.5. The van der Waals surface area contributed by atoms with Crippen molar-refractivity contribution in [1.29, 1.82) is 0 Å². The molecule has 3 heterocycles. The molecule has 9 heteroatoms. The Morgan fingerprint density at radius 2 is 1.94 bits per heavy atom. The van der Waals surface area contributed by atoms with E-state index in [0.29, 0.717) is 30.8 Å². The first-order valence-corrected chi connectivity index (χ1v) is 11.1. The van der Waals surface area contributed by atoms with Crippen molar-refractivity contribution in [3.8, 4) is 0 Å². The molecule has 2 aliphatic heterocycles. The first-order valence-electron chi connectivity index (χ1n) is 11.1. The van der Waals surface area contributed by atoms with Gasteiger partial charge in [0.15, 0.2) is 0 Å². The number of nitrogens with one attached hydrogen (secondary N) is 2. The van der Waals surface area contributed by atoms with Gasteiger partial charge in [0, 0.05) is 25.3 Å². The predicted molar refractivity (Wildman–Crippen MR) is 118 cm³/mol. The van der Waals surface area contributed by atoms with Gasteiger partial charge >= 0.3 is 12.0 Å². The van der Waals surface area contributed by atoms with E-state index in [9.17, 15) is 14.4 Å². The molecule has 170 valence electrons. The molecule has 9 nitrogen and oxygen atoms in total. The highest BCUT2D eigenvalue weighted by molar-refractivity contribution is 5.92. The van der Waals surface area contributed by atoms with Gasteiger partial charge in [0.05, 0.1) is 31.0 Å². The number of aryl methyl sites for hydroxylation is 1. The van der Waals surface area contributed by atoms with Crippen LogP contribution < -0.4 is 10.6 Å². The number of carbonyl (C=O) groups excluding carboxylic acids is 3. The third-order valence-electron chi connectivity index (χ3n) is 6.09. The molecule has 2 aromatic rings. The van der Waals surface area contributed by atoms with Crippen molar-refractivity contribution in [1.82, 2.24) is 20.0 Å². The maximum absolute atomic E-state index is 12.9. The fraction of sp³-hybridized carbons (Fsp3) is 0.478. The molecule has 1 atom stereocenters. The highest BCUT2D eigenvalue weighted by Gasteiger charge is 2.30. The van der Waals surface area contributed by atoms with Gasteiger partial charge in [-0.2, -0.15) is 5.10 Å². The standard InChI is InChI=1S/C23H29N5O4/c1-32-22(30)20-18(26-28-13-6-5-11-19(20)28)14-24-21(29)16-8-7-12-27(15-16)23(31)25-17-9-3-2-4-10-17/h2-4,9-10,16H,5-8,11-15H2,1H3,(H,24,29)(H,25,31). The number of fused-ring (bicyclic) bond motifs is 1. The summed E-state index contributed by atoms with van der Waals surface area (Å²) >= 11 is 0. The first-order chi connectivity index (χ1) is 15.6. The molecule has 3 amide bonds. The van der Waals surface area contributed by atoms with Crippen LogP contribution in [0.15, 0.2) is 30.3 Å². The van der Waals surface area contributed by atoms with Crippen molar-refractivity contribution in [3.05, 3.63) is 47.3 Å². The summed E-state index contributed by atoms with van der Waals surface area (Å²) < 4.78 is 6.81. The predicted octanol–water partition coefficient (Wildman–Crippen LogP) is 2.57. The Bertz CT molecular complexity index is 988. The Morgan fingerprint density at radius 1 is 1.12 bits per heavy atom. The van der Waals surface area contributed by atoms with Gasteiger partial charge in [0.2, 0.25) is 5.91 Å². The summed E-state index contributed by atoms with van der Waals surface area (Å²) in [4.78, 5) is 39.5. The quantitative estimate of drug-likeness (QED) is 0.697. The number of hydrogen-bond donors (Lipinski definition) is 2. The number of likely N-dealkylation sites (tertiary alicyclic amines) is 1. The molecule has 2 N–H and O–H groups in total. The van der Waals surface area contributed by atoms with Crippen LogP contribution in [0.3, 0.4) is 0 Å². The number of esters is 1. The number of nitrogens with zero attached hydrogens (tertiary/aromatic N) is 3. The Balaban J connectivity index is 1.37. The number of ether oxygens (including phenoxy) is 1. The van der Waals surface area contributed by atoms with E-state index < -0.39 is 5.97 Å². The number of rotatable bonds is 5. The third kappa shape index (κ3) is 4.76. The number of para-hydroxylation sites is 1. The summed E-state index contributed by atoms with van der Waals surface area (Å²) in [5.41, 5.74) is 2.62. The highest BCUT2D eigenvalue weighted by atomic mass is 16.5. The molecule has 1 aromatic carbocycles. The summed E-state index contributed by atoms with van der Waals surface area (Å²) in [6.45, 7) is 1.90. The second-order valence-corrected chi connectivity index (χ2v) is 8.24. The minimum absolute atomic E-state index is 0.135. The molecule has 4 rings (SSSR count). The van der Waals surface area contributed by atoms with E-state index in [1.54, 1.807) is 4.90 Å². The minimum atomic E-state index is -0.418. The largest absolute Gasteiger partial charge is 0.465 e. The maximum Gasteiger partial charge on any atom is 0.341 e. The number of benzene rings is 1. The topological polar surface area (TPSA) is 106 Å². The molecular weight excluding hydrogens is 410 g/mol. The normalized spacial score (nSPS) is 17.9. The molecule has 2 aliphatic rings. The van der Waals surface area contributed by atoms with E-state index >= 15 is 0 Å². The van der Waals surface area contributed by atoms with Gasteiger partial charge in [0.25, 0.3) is 0 Å². The van der Waals surface area contributed by atoms with Gasteiger partial charge in [-0.1, -0.05) is 18.2 Å². The summed E-state index contributed by atoms with van der Waals surface area (Å²) in [5, 5.41) is 10.4. The molecule has 1 saturated heterocycles. The van der Waals surface area contributed by atoms with Crippen molar-refractivity contribution in [3.63, 3.8) is 0 Å². The number of anilines is 1. The average Bonchev–Trinajstić information content (AvgIpc) is 3.21. The van der Waals surface area contributed by atoms with Gasteiger partial charge in [0.1, 0.15) is 5.56 Å². The molecular formula is C23H29N5O4. The van der Waals surface area contributed by atoms with E-state index in [1.807, 2.05) is 35.0 Å². The smallest absolute Gasteiger partial charge is 0.341 e. The van der Waals surface area contributed by atoms with E-state index in [4.69, 9.17) is 4.74 Å². The Morgan fingerprint density at radius 3 is 2.72 bits per heavy atom. The van der Waals surface area contributed by atoms with E-state index in [1.165, 1.54) is 7.11 Å². The van der Waals surface area contributed by atoms with Crippen LogP contribution in [0.2, 0.25) is 0 Å². The zero-order valence-electron chi connectivity index (χ0n) is 18.3. The van der Waals surface area contributed by atoms with Crippen LogP contribution in [0.25, 0.3) is 0 Å². The van der Waals surface area contributed by atoms with Crippen molar-refractivity contribution < 1.29 is 19.1 Å². The van der Waals surface area contributed by atoms with Crippen LogP contribution in [-0.2, 0) is 29.0 Å². The van der Waals surface area contributed by atoms with Gasteiger partial charge in [-0.3, -0.25) is 9.48 Å². The van der Waals surface area contributed by atoms with Crippen LogP contribution in [0.5, 0.6) is 0 Å². The number of urea groups is 1. The lowest BCUT2D eigenvalue weighted by Gasteiger charge is -2.32. The molecule has 32 heavy (non-hydrogen) atoms. The van der Waals surface area contributed by atoms with Crippen LogP contribution in [0, 0.1) is 5.92 Å². The lowest BCUT2D eigenvalue weighted by molar-refractivity contribution is -0.126. The number of methoxy groups -OCH3 is 1. The lowest BCUT2D eigenvalue weighted by Crippen LogP contribution is -2.46. The fourth-order valence-corrected chi connectivity index (χ4v) is 4.42. The lowest BCUT2D eigenvalue weighted by atomic mass is 9.97. The Labute approximate surface area is 187 Å². The second-order valence-electron chi connectivity index (χ2n) is 8.24. The Hall–Kier alpha value is -3.36. The average molecular weight is 440 g/mol. The van der Waals surface area contributed by atoms with E-state index in [0.717, 1.165) is 43.6 Å². The monoisotopic (exact) mass is 439 g/mol. The van der Waals surface area contributed by atoms with Crippen molar-refractivity contribution in [2.75, 3.05) is 25.5 Å². The van der Waals surface area contributed by atoms with Gasteiger partial charge in [-0.05, 0) is 44.2 Å². The van der Waals surface area contributed by atoms with Crippen molar-refractivity contribution in [2.24, 2.45) is 5.92 Å². The number of carbonyl (C=O) groups is 3. The van der Waals surface area contributed by atoms with E-state index in [2.05, 4.69) is 15.7 Å². The van der Waals surface area contributed by atoms with Crippen molar-refractivity contribution in [2.45, 2.75) is 45.2 Å². The fourth-order valence-electron chi connectivity index (χ4n) is 4.42. The van der Waals surface area contributed by atoms with E-state index in [-0.39, 0.29) is 24.4 Å². The van der Waals surface area contributed by atoms with Gasteiger partial charge in [-0.25, -0.2) is 9.59 Å². The molecule has 0 spiro atoms. The third-order valence-corrected chi connectivity index (χ3v) is 6.09. The van der Waals surface area contributed by atoms with Crippen LogP contribution in [0.1, 0.15) is 47.4 Å². The van der Waals surface area contributed by atoms with Crippen LogP contribution >= 0.6 is 0 Å².